The lowest BCUT2D eigenvalue weighted by Crippen LogP contribution is -2.43. The van der Waals surface area contributed by atoms with Gasteiger partial charge in [-0.1, -0.05) is 24.3 Å². The first-order valence-corrected chi connectivity index (χ1v) is 14.3. The van der Waals surface area contributed by atoms with Crippen LogP contribution < -0.4 is 10.1 Å². The molecule has 2 saturated heterocycles. The number of methoxy groups -OCH3 is 1. The zero-order chi connectivity index (χ0) is 29.2. The topological polar surface area (TPSA) is 103 Å². The van der Waals surface area contributed by atoms with E-state index in [0.29, 0.717) is 37.6 Å². The lowest BCUT2D eigenvalue weighted by Gasteiger charge is -2.28. The van der Waals surface area contributed by atoms with E-state index < -0.39 is 0 Å². The first-order chi connectivity index (χ1) is 20.4. The molecule has 42 heavy (non-hydrogen) atoms. The zero-order valence-electron chi connectivity index (χ0n) is 24.2. The summed E-state index contributed by atoms with van der Waals surface area (Å²) in [5.74, 6) is 0.650. The normalized spacial score (nSPS) is 17.4. The van der Waals surface area contributed by atoms with Crippen molar-refractivity contribution in [3.8, 4) is 28.0 Å². The average molecular weight is 569 g/mol. The number of pyridine rings is 1. The number of urea groups is 1. The summed E-state index contributed by atoms with van der Waals surface area (Å²) < 4.78 is 11.0. The number of nitrogens with zero attached hydrogens (tertiary/aromatic N) is 4. The van der Waals surface area contributed by atoms with Crippen LogP contribution in [0.1, 0.15) is 16.8 Å². The molecule has 0 radical (unpaired) electrons. The molecule has 4 aromatic rings. The Morgan fingerprint density at radius 3 is 2.64 bits per heavy atom. The second kappa shape index (κ2) is 11.8. The van der Waals surface area contributed by atoms with Crippen molar-refractivity contribution in [3.05, 3.63) is 66.5 Å². The summed E-state index contributed by atoms with van der Waals surface area (Å²) in [6.45, 7) is 3.79. The van der Waals surface area contributed by atoms with E-state index in [1.807, 2.05) is 55.7 Å². The molecular weight excluding hydrogens is 532 g/mol. The molecular formula is C32H36N6O4. The van der Waals surface area contributed by atoms with E-state index in [1.54, 1.807) is 23.1 Å². The molecule has 0 bridgehead atoms. The van der Waals surface area contributed by atoms with Crippen molar-refractivity contribution in [3.63, 3.8) is 0 Å². The highest BCUT2D eigenvalue weighted by atomic mass is 16.5. The van der Waals surface area contributed by atoms with Crippen LogP contribution in [0.25, 0.3) is 33.3 Å². The number of carbonyl (C=O) groups excluding carboxylic acids is 2. The van der Waals surface area contributed by atoms with Gasteiger partial charge in [-0.05, 0) is 49.8 Å². The Balaban J connectivity index is 1.38. The standard InChI is InChI=1S/C32H36N6O4/c1-36-11-10-23(20-36)37(2)31(39)26-16-21(8-9-28(26)35-32(40)38-12-14-42-15-13-38)22-17-25-27(19-34-30(25)33-18-22)24-6-4-5-7-29(24)41-3/h4-9,16-19,23H,10-15,20H2,1-3H3,(H,33,34)(H,35,40). The molecule has 2 aromatic heterocycles. The Labute approximate surface area is 245 Å². The predicted octanol–water partition coefficient (Wildman–Crippen LogP) is 4.55. The lowest BCUT2D eigenvalue weighted by atomic mass is 9.99. The van der Waals surface area contributed by atoms with Gasteiger partial charge in [0.25, 0.3) is 5.91 Å². The van der Waals surface area contributed by atoms with Crippen molar-refractivity contribution in [1.82, 2.24) is 24.7 Å². The van der Waals surface area contributed by atoms with E-state index in [-0.39, 0.29) is 18.0 Å². The van der Waals surface area contributed by atoms with Gasteiger partial charge in [-0.3, -0.25) is 4.79 Å². The number of ether oxygens (including phenoxy) is 2. The Kier molecular flexibility index (Phi) is 7.82. The van der Waals surface area contributed by atoms with E-state index in [4.69, 9.17) is 9.47 Å². The number of aromatic nitrogens is 2. The predicted molar refractivity (Wildman–Crippen MR) is 163 cm³/mol. The van der Waals surface area contributed by atoms with Gasteiger partial charge in [0.15, 0.2) is 0 Å². The highest BCUT2D eigenvalue weighted by Crippen LogP contribution is 2.36. The van der Waals surface area contributed by atoms with Crippen molar-refractivity contribution in [2.75, 3.05) is 65.9 Å². The van der Waals surface area contributed by atoms with Crippen LogP contribution in [0.3, 0.4) is 0 Å². The highest BCUT2D eigenvalue weighted by Gasteiger charge is 2.29. The number of fused-ring (bicyclic) bond motifs is 1. The van der Waals surface area contributed by atoms with Gasteiger partial charge in [0.05, 0.1) is 31.6 Å². The number of benzene rings is 2. The summed E-state index contributed by atoms with van der Waals surface area (Å²) in [4.78, 5) is 40.8. The van der Waals surface area contributed by atoms with Gasteiger partial charge in [-0.15, -0.1) is 0 Å². The second-order valence-corrected chi connectivity index (χ2v) is 10.9. The maximum Gasteiger partial charge on any atom is 0.322 e. The Morgan fingerprint density at radius 1 is 1.07 bits per heavy atom. The number of hydrogen-bond donors (Lipinski definition) is 2. The number of aromatic amines is 1. The Morgan fingerprint density at radius 2 is 1.88 bits per heavy atom. The number of morpholine rings is 1. The average Bonchev–Trinajstić information content (AvgIpc) is 3.66. The fourth-order valence-electron chi connectivity index (χ4n) is 5.81. The van der Waals surface area contributed by atoms with Crippen LogP contribution in [-0.4, -0.2) is 103 Å². The summed E-state index contributed by atoms with van der Waals surface area (Å²) in [6, 6.07) is 15.4. The molecule has 2 N–H and O–H groups in total. The number of likely N-dealkylation sites (N-methyl/N-ethyl adjacent to an activating group) is 2. The fraction of sp³-hybridized carbons (Fsp3) is 0.344. The number of para-hydroxylation sites is 1. The molecule has 2 aliphatic rings. The summed E-state index contributed by atoms with van der Waals surface area (Å²) in [7, 11) is 5.58. The molecule has 1 unspecified atom stereocenters. The number of hydrogen-bond acceptors (Lipinski definition) is 6. The minimum Gasteiger partial charge on any atom is -0.496 e. The largest absolute Gasteiger partial charge is 0.496 e. The zero-order valence-corrected chi connectivity index (χ0v) is 24.2. The fourth-order valence-corrected chi connectivity index (χ4v) is 5.81. The van der Waals surface area contributed by atoms with Gasteiger partial charge in [0.2, 0.25) is 0 Å². The van der Waals surface area contributed by atoms with Crippen LogP contribution in [0.2, 0.25) is 0 Å². The number of H-pyrrole nitrogens is 1. The summed E-state index contributed by atoms with van der Waals surface area (Å²) >= 11 is 0. The molecule has 10 heteroatoms. The molecule has 218 valence electrons. The molecule has 2 aromatic carbocycles. The smallest absolute Gasteiger partial charge is 0.322 e. The van der Waals surface area contributed by atoms with Crippen LogP contribution in [0.5, 0.6) is 5.75 Å². The molecule has 4 heterocycles. The number of amides is 3. The number of carbonyl (C=O) groups is 2. The molecule has 2 aliphatic heterocycles. The molecule has 2 fully saturated rings. The van der Waals surface area contributed by atoms with Gasteiger partial charge in [-0.25, -0.2) is 9.78 Å². The maximum atomic E-state index is 14.0. The van der Waals surface area contributed by atoms with Crippen LogP contribution in [0.4, 0.5) is 10.5 Å². The van der Waals surface area contributed by atoms with Crippen LogP contribution in [-0.2, 0) is 4.74 Å². The second-order valence-electron chi connectivity index (χ2n) is 10.9. The molecule has 1 atom stereocenters. The van der Waals surface area contributed by atoms with E-state index in [0.717, 1.165) is 58.5 Å². The van der Waals surface area contributed by atoms with Gasteiger partial charge in [-0.2, -0.15) is 0 Å². The summed E-state index contributed by atoms with van der Waals surface area (Å²) in [6.07, 6.45) is 4.65. The third-order valence-corrected chi connectivity index (χ3v) is 8.29. The maximum absolute atomic E-state index is 14.0. The van der Waals surface area contributed by atoms with Gasteiger partial charge in [0.1, 0.15) is 11.4 Å². The number of rotatable bonds is 6. The molecule has 3 amide bonds. The van der Waals surface area contributed by atoms with Crippen LogP contribution in [0.15, 0.2) is 60.9 Å². The SMILES string of the molecule is COc1ccccc1-c1c[nH]c2ncc(-c3ccc(NC(=O)N4CCOCC4)c(C(=O)N(C)C4CCN(C)C4)c3)cc12. The summed E-state index contributed by atoms with van der Waals surface area (Å²) in [5.41, 5.74) is 5.34. The third kappa shape index (κ3) is 5.43. The molecule has 6 rings (SSSR count). The van der Waals surface area contributed by atoms with E-state index >= 15 is 0 Å². The van der Waals surface area contributed by atoms with Crippen molar-refractivity contribution < 1.29 is 19.1 Å². The minimum absolute atomic E-state index is 0.107. The Bertz CT molecular complexity index is 1610. The van der Waals surface area contributed by atoms with Crippen molar-refractivity contribution in [1.29, 1.82) is 0 Å². The lowest BCUT2D eigenvalue weighted by molar-refractivity contribution is 0.0564. The minimum atomic E-state index is -0.236. The van der Waals surface area contributed by atoms with E-state index in [9.17, 15) is 9.59 Å². The molecule has 0 spiro atoms. The number of anilines is 1. The Hall–Kier alpha value is -4.41. The number of likely N-dealkylation sites (tertiary alicyclic amines) is 1. The first kappa shape index (κ1) is 27.7. The molecule has 0 aliphatic carbocycles. The first-order valence-electron chi connectivity index (χ1n) is 14.3. The van der Waals surface area contributed by atoms with Crippen molar-refractivity contribution >= 4 is 28.7 Å². The van der Waals surface area contributed by atoms with Gasteiger partial charge in [0, 0.05) is 67.2 Å². The van der Waals surface area contributed by atoms with Gasteiger partial charge < -0.3 is 34.5 Å². The monoisotopic (exact) mass is 568 g/mol. The molecule has 0 saturated carbocycles. The van der Waals surface area contributed by atoms with E-state index in [1.165, 1.54) is 0 Å². The van der Waals surface area contributed by atoms with Crippen LogP contribution in [0, 0.1) is 0 Å². The quantitative estimate of drug-likeness (QED) is 0.354. The number of nitrogens with one attached hydrogen (secondary N) is 2. The summed E-state index contributed by atoms with van der Waals surface area (Å²) in [5, 5.41) is 3.95. The van der Waals surface area contributed by atoms with E-state index in [2.05, 4.69) is 33.3 Å². The third-order valence-electron chi connectivity index (χ3n) is 8.29. The van der Waals surface area contributed by atoms with Crippen molar-refractivity contribution in [2.24, 2.45) is 0 Å². The highest BCUT2D eigenvalue weighted by molar-refractivity contribution is 6.05. The van der Waals surface area contributed by atoms with Gasteiger partial charge >= 0.3 is 6.03 Å². The van der Waals surface area contributed by atoms with Crippen molar-refractivity contribution in [2.45, 2.75) is 12.5 Å². The molecule has 10 nitrogen and oxygen atoms in total. The van der Waals surface area contributed by atoms with Crippen LogP contribution >= 0.6 is 0 Å².